The molecule has 1 aliphatic heterocycles. The monoisotopic (exact) mass is 319 g/mol. The number of aromatic nitrogens is 1. The molecular formula is C12H21N3O3S2. The third kappa shape index (κ3) is 3.62. The van der Waals surface area contributed by atoms with Crippen LogP contribution < -0.4 is 11.1 Å². The number of nitrogen functional groups attached to an aromatic ring is 1. The molecule has 6 nitrogen and oxygen atoms in total. The Kier molecular flexibility index (Phi) is 5.22. The van der Waals surface area contributed by atoms with Crippen LogP contribution in [0.5, 0.6) is 0 Å². The fourth-order valence-electron chi connectivity index (χ4n) is 2.27. The summed E-state index contributed by atoms with van der Waals surface area (Å²) in [6, 6.07) is 0. The van der Waals surface area contributed by atoms with Crippen molar-refractivity contribution in [3.8, 4) is 0 Å². The number of rotatable bonds is 6. The number of nitrogens with two attached hydrogens (primary N) is 1. The minimum atomic E-state index is -3.35. The number of hydrogen-bond acceptors (Lipinski definition) is 7. The normalized spacial score (nSPS) is 17.2. The zero-order valence-corrected chi connectivity index (χ0v) is 13.2. The molecule has 0 unspecified atom stereocenters. The minimum Gasteiger partial charge on any atom is -0.382 e. The maximum absolute atomic E-state index is 12.2. The molecule has 0 atom stereocenters. The van der Waals surface area contributed by atoms with Gasteiger partial charge in [0.2, 0.25) is 0 Å². The summed E-state index contributed by atoms with van der Waals surface area (Å²) in [7, 11) is -3.35. The Labute approximate surface area is 123 Å². The molecule has 0 amide bonds. The second-order valence-corrected chi connectivity index (χ2v) is 7.80. The molecule has 8 heteroatoms. The first kappa shape index (κ1) is 15.5. The third-order valence-electron chi connectivity index (χ3n) is 3.35. The Morgan fingerprint density at radius 1 is 1.45 bits per heavy atom. The number of nitrogens with zero attached hydrogens (tertiary/aromatic N) is 1. The van der Waals surface area contributed by atoms with Gasteiger partial charge in [-0.3, -0.25) is 0 Å². The molecule has 0 radical (unpaired) electrons. The van der Waals surface area contributed by atoms with Gasteiger partial charge in [0.1, 0.15) is 9.90 Å². The SMILES string of the molecule is CCCS(=O)(=O)c1c(N)nsc1NCC1CCOCC1. The molecule has 0 aliphatic carbocycles. The van der Waals surface area contributed by atoms with Crippen LogP contribution in [0.15, 0.2) is 4.90 Å². The van der Waals surface area contributed by atoms with E-state index in [-0.39, 0.29) is 16.5 Å². The molecule has 1 aliphatic rings. The predicted octanol–water partition coefficient (Wildman–Crippen LogP) is 1.75. The minimum absolute atomic E-state index is 0.0988. The Balaban J connectivity index is 2.08. The first-order valence-corrected chi connectivity index (χ1v) is 9.26. The van der Waals surface area contributed by atoms with Gasteiger partial charge in [-0.2, -0.15) is 4.37 Å². The van der Waals surface area contributed by atoms with Crippen LogP contribution in [0.1, 0.15) is 26.2 Å². The standard InChI is InChI=1S/C12H21N3O3S2/c1-2-7-20(16,17)10-11(13)15-19-12(10)14-8-9-3-5-18-6-4-9/h9,14H,2-8H2,1H3,(H2,13,15). The average Bonchev–Trinajstić information content (AvgIpc) is 2.79. The zero-order valence-electron chi connectivity index (χ0n) is 11.6. The van der Waals surface area contributed by atoms with Crippen molar-refractivity contribution in [2.24, 2.45) is 5.92 Å². The van der Waals surface area contributed by atoms with E-state index in [1.54, 1.807) is 0 Å². The van der Waals surface area contributed by atoms with Gasteiger partial charge in [-0.25, -0.2) is 8.42 Å². The van der Waals surface area contributed by atoms with Crippen molar-refractivity contribution in [3.05, 3.63) is 0 Å². The fourth-order valence-corrected chi connectivity index (χ4v) is 4.89. The second-order valence-electron chi connectivity index (χ2n) is 4.98. The van der Waals surface area contributed by atoms with Crippen LogP contribution in [0.25, 0.3) is 0 Å². The summed E-state index contributed by atoms with van der Waals surface area (Å²) in [5.41, 5.74) is 5.73. The quantitative estimate of drug-likeness (QED) is 0.829. The van der Waals surface area contributed by atoms with Crippen LogP contribution in [-0.2, 0) is 14.6 Å². The Morgan fingerprint density at radius 3 is 2.80 bits per heavy atom. The smallest absolute Gasteiger partial charge is 0.185 e. The molecule has 0 spiro atoms. The van der Waals surface area contributed by atoms with Gasteiger partial charge < -0.3 is 15.8 Å². The van der Waals surface area contributed by atoms with Gasteiger partial charge in [0.25, 0.3) is 0 Å². The number of hydrogen-bond donors (Lipinski definition) is 2. The van der Waals surface area contributed by atoms with Crippen molar-refractivity contribution in [2.45, 2.75) is 31.1 Å². The van der Waals surface area contributed by atoms with Gasteiger partial charge >= 0.3 is 0 Å². The molecule has 2 rings (SSSR count). The lowest BCUT2D eigenvalue weighted by Crippen LogP contribution is -2.23. The van der Waals surface area contributed by atoms with Crippen molar-refractivity contribution in [1.29, 1.82) is 0 Å². The molecule has 2 heterocycles. The zero-order chi connectivity index (χ0) is 14.6. The predicted molar refractivity (Wildman–Crippen MR) is 80.9 cm³/mol. The summed E-state index contributed by atoms with van der Waals surface area (Å²) in [6.45, 7) is 4.12. The maximum Gasteiger partial charge on any atom is 0.185 e. The van der Waals surface area contributed by atoms with Gasteiger partial charge in [-0.1, -0.05) is 6.92 Å². The van der Waals surface area contributed by atoms with Gasteiger partial charge in [-0.05, 0) is 36.7 Å². The van der Waals surface area contributed by atoms with Gasteiger partial charge in [0, 0.05) is 19.8 Å². The fraction of sp³-hybridized carbons (Fsp3) is 0.750. The van der Waals surface area contributed by atoms with E-state index in [9.17, 15) is 8.42 Å². The van der Waals surface area contributed by atoms with Crippen molar-refractivity contribution >= 4 is 32.2 Å². The lowest BCUT2D eigenvalue weighted by molar-refractivity contribution is 0.0699. The molecule has 1 saturated heterocycles. The van der Waals surface area contributed by atoms with Crippen LogP contribution in [-0.4, -0.2) is 38.3 Å². The number of nitrogens with one attached hydrogen (secondary N) is 1. The Bertz CT molecular complexity index is 536. The van der Waals surface area contributed by atoms with Crippen LogP contribution in [0.2, 0.25) is 0 Å². The van der Waals surface area contributed by atoms with E-state index < -0.39 is 9.84 Å². The lowest BCUT2D eigenvalue weighted by Gasteiger charge is -2.22. The summed E-state index contributed by atoms with van der Waals surface area (Å²) in [5.74, 6) is 0.716. The summed E-state index contributed by atoms with van der Waals surface area (Å²) in [4.78, 5) is 0.177. The number of sulfone groups is 1. The largest absolute Gasteiger partial charge is 0.382 e. The molecule has 1 fully saturated rings. The van der Waals surface area contributed by atoms with Crippen LogP contribution in [0.4, 0.5) is 10.8 Å². The van der Waals surface area contributed by atoms with Crippen LogP contribution >= 0.6 is 11.5 Å². The molecule has 0 saturated carbocycles. The molecule has 0 aromatic carbocycles. The number of anilines is 2. The third-order valence-corrected chi connectivity index (χ3v) is 6.28. The molecule has 3 N–H and O–H groups in total. The molecular weight excluding hydrogens is 298 g/mol. The topological polar surface area (TPSA) is 94.3 Å². The molecule has 114 valence electrons. The second kappa shape index (κ2) is 6.73. The highest BCUT2D eigenvalue weighted by molar-refractivity contribution is 7.91. The molecule has 0 bridgehead atoms. The molecule has 20 heavy (non-hydrogen) atoms. The Hall–Kier alpha value is -0.860. The van der Waals surface area contributed by atoms with E-state index in [2.05, 4.69) is 9.69 Å². The first-order valence-electron chi connectivity index (χ1n) is 6.84. The van der Waals surface area contributed by atoms with Gasteiger partial charge in [0.05, 0.1) is 5.75 Å². The van der Waals surface area contributed by atoms with E-state index in [0.29, 0.717) is 17.3 Å². The van der Waals surface area contributed by atoms with Crippen LogP contribution in [0.3, 0.4) is 0 Å². The maximum atomic E-state index is 12.2. The summed E-state index contributed by atoms with van der Waals surface area (Å²) in [6.07, 6.45) is 2.56. The highest BCUT2D eigenvalue weighted by Crippen LogP contribution is 2.33. The van der Waals surface area contributed by atoms with Crippen molar-refractivity contribution in [2.75, 3.05) is 36.6 Å². The van der Waals surface area contributed by atoms with E-state index >= 15 is 0 Å². The summed E-state index contributed by atoms with van der Waals surface area (Å²) < 4.78 is 33.7. The van der Waals surface area contributed by atoms with E-state index in [4.69, 9.17) is 10.5 Å². The summed E-state index contributed by atoms with van der Waals surface area (Å²) in [5, 5.41) is 3.78. The van der Waals surface area contributed by atoms with Crippen LogP contribution in [0, 0.1) is 5.92 Å². The van der Waals surface area contributed by atoms with E-state index in [0.717, 1.165) is 44.1 Å². The van der Waals surface area contributed by atoms with Crippen molar-refractivity contribution in [1.82, 2.24) is 4.37 Å². The Morgan fingerprint density at radius 2 is 2.15 bits per heavy atom. The van der Waals surface area contributed by atoms with Crippen molar-refractivity contribution < 1.29 is 13.2 Å². The lowest BCUT2D eigenvalue weighted by atomic mass is 10.0. The van der Waals surface area contributed by atoms with E-state index in [1.807, 2.05) is 6.92 Å². The first-order chi connectivity index (χ1) is 9.54. The number of ether oxygens (including phenoxy) is 1. The van der Waals surface area contributed by atoms with Crippen molar-refractivity contribution in [3.63, 3.8) is 0 Å². The van der Waals surface area contributed by atoms with Gasteiger partial charge in [0.15, 0.2) is 15.7 Å². The van der Waals surface area contributed by atoms with Gasteiger partial charge in [-0.15, -0.1) is 0 Å². The van der Waals surface area contributed by atoms with E-state index in [1.165, 1.54) is 0 Å². The summed E-state index contributed by atoms with van der Waals surface area (Å²) >= 11 is 1.12. The highest BCUT2D eigenvalue weighted by atomic mass is 32.2. The molecule has 1 aromatic rings. The highest BCUT2D eigenvalue weighted by Gasteiger charge is 2.25. The molecule has 1 aromatic heterocycles. The average molecular weight is 319 g/mol.